The van der Waals surface area contributed by atoms with Gasteiger partial charge >= 0.3 is 0 Å². The highest BCUT2D eigenvalue weighted by Crippen LogP contribution is 2.24. The predicted molar refractivity (Wildman–Crippen MR) is 61.5 cm³/mol. The van der Waals surface area contributed by atoms with Crippen molar-refractivity contribution in [1.29, 1.82) is 0 Å². The molecular formula is C10H8BrClN2. The highest BCUT2D eigenvalue weighted by molar-refractivity contribution is 9.10. The fourth-order valence-electron chi connectivity index (χ4n) is 1.31. The van der Waals surface area contributed by atoms with Crippen LogP contribution >= 0.6 is 27.5 Å². The van der Waals surface area contributed by atoms with Gasteiger partial charge in [0, 0.05) is 16.3 Å². The van der Waals surface area contributed by atoms with E-state index < -0.39 is 0 Å². The largest absolute Gasteiger partial charge is 0.336 e. The molecule has 1 heterocycles. The summed E-state index contributed by atoms with van der Waals surface area (Å²) in [4.78, 5) is 7.42. The standard InChI is InChI=1S/C10H8BrClN2/c1-6-9(14-10(11)13-6)7-2-4-8(12)5-3-7/h2-5H,1H3,(H,13,14). The predicted octanol–water partition coefficient (Wildman–Crippen LogP) is 3.80. The highest BCUT2D eigenvalue weighted by Gasteiger charge is 2.06. The molecular weight excluding hydrogens is 263 g/mol. The number of H-pyrrole nitrogens is 1. The Morgan fingerprint density at radius 2 is 1.93 bits per heavy atom. The van der Waals surface area contributed by atoms with Gasteiger partial charge in [0.2, 0.25) is 0 Å². The summed E-state index contributed by atoms with van der Waals surface area (Å²) in [6.07, 6.45) is 0. The van der Waals surface area contributed by atoms with Crippen LogP contribution in [0.5, 0.6) is 0 Å². The third-order valence-electron chi connectivity index (χ3n) is 1.97. The van der Waals surface area contributed by atoms with Gasteiger partial charge in [-0.15, -0.1) is 0 Å². The molecule has 14 heavy (non-hydrogen) atoms. The molecule has 0 saturated carbocycles. The van der Waals surface area contributed by atoms with E-state index in [1.54, 1.807) is 0 Å². The van der Waals surface area contributed by atoms with E-state index in [-0.39, 0.29) is 0 Å². The van der Waals surface area contributed by atoms with Gasteiger partial charge in [0.25, 0.3) is 0 Å². The Morgan fingerprint density at radius 3 is 2.43 bits per heavy atom. The summed E-state index contributed by atoms with van der Waals surface area (Å²) in [7, 11) is 0. The maximum absolute atomic E-state index is 5.81. The van der Waals surface area contributed by atoms with Crippen LogP contribution in [0.25, 0.3) is 11.3 Å². The Balaban J connectivity index is 2.49. The monoisotopic (exact) mass is 270 g/mol. The molecule has 0 amide bonds. The van der Waals surface area contributed by atoms with Crippen LogP contribution in [0.4, 0.5) is 0 Å². The molecule has 0 radical (unpaired) electrons. The lowest BCUT2D eigenvalue weighted by Gasteiger charge is -1.97. The van der Waals surface area contributed by atoms with Crippen molar-refractivity contribution < 1.29 is 0 Å². The molecule has 4 heteroatoms. The summed E-state index contributed by atoms with van der Waals surface area (Å²) in [6.45, 7) is 1.99. The Hall–Kier alpha value is -0.800. The second-order valence-electron chi connectivity index (χ2n) is 3.01. The lowest BCUT2D eigenvalue weighted by molar-refractivity contribution is 1.20. The van der Waals surface area contributed by atoms with E-state index in [4.69, 9.17) is 11.6 Å². The van der Waals surface area contributed by atoms with E-state index in [9.17, 15) is 0 Å². The van der Waals surface area contributed by atoms with Crippen LogP contribution in [0, 0.1) is 6.92 Å². The first kappa shape index (κ1) is 9.74. The minimum atomic E-state index is 0.737. The van der Waals surface area contributed by atoms with Crippen molar-refractivity contribution >= 4 is 27.5 Å². The fraction of sp³-hybridized carbons (Fsp3) is 0.100. The zero-order valence-corrected chi connectivity index (χ0v) is 9.85. The van der Waals surface area contributed by atoms with Gasteiger partial charge in [0.1, 0.15) is 0 Å². The van der Waals surface area contributed by atoms with Gasteiger partial charge in [0.15, 0.2) is 4.73 Å². The third kappa shape index (κ3) is 1.83. The Morgan fingerprint density at radius 1 is 1.29 bits per heavy atom. The van der Waals surface area contributed by atoms with Crippen molar-refractivity contribution in [3.8, 4) is 11.3 Å². The fourth-order valence-corrected chi connectivity index (χ4v) is 1.91. The average molecular weight is 272 g/mol. The van der Waals surface area contributed by atoms with E-state index in [0.717, 1.165) is 26.7 Å². The number of nitrogens with one attached hydrogen (secondary N) is 1. The first-order chi connectivity index (χ1) is 6.66. The van der Waals surface area contributed by atoms with Gasteiger partial charge in [-0.05, 0) is 35.0 Å². The lowest BCUT2D eigenvalue weighted by atomic mass is 10.1. The molecule has 1 N–H and O–H groups in total. The quantitative estimate of drug-likeness (QED) is 0.839. The summed E-state index contributed by atoms with van der Waals surface area (Å²) in [5.74, 6) is 0. The van der Waals surface area contributed by atoms with Crippen molar-refractivity contribution in [1.82, 2.24) is 9.97 Å². The number of benzene rings is 1. The molecule has 1 aromatic carbocycles. The molecule has 2 nitrogen and oxygen atoms in total. The van der Waals surface area contributed by atoms with Crippen molar-refractivity contribution in [3.05, 3.63) is 39.7 Å². The van der Waals surface area contributed by atoms with Crippen molar-refractivity contribution in [2.75, 3.05) is 0 Å². The molecule has 1 aromatic heterocycles. The molecule has 0 atom stereocenters. The number of nitrogens with zero attached hydrogens (tertiary/aromatic N) is 1. The van der Waals surface area contributed by atoms with Crippen LogP contribution in [-0.2, 0) is 0 Å². The summed E-state index contributed by atoms with van der Waals surface area (Å²) < 4.78 is 0.750. The zero-order chi connectivity index (χ0) is 10.1. The van der Waals surface area contributed by atoms with Crippen molar-refractivity contribution in [3.63, 3.8) is 0 Å². The molecule has 0 bridgehead atoms. The van der Waals surface area contributed by atoms with Gasteiger partial charge in [-0.25, -0.2) is 4.98 Å². The second-order valence-corrected chi connectivity index (χ2v) is 4.20. The number of rotatable bonds is 1. The van der Waals surface area contributed by atoms with Crippen LogP contribution in [0.1, 0.15) is 5.69 Å². The van der Waals surface area contributed by atoms with Gasteiger partial charge < -0.3 is 4.98 Å². The van der Waals surface area contributed by atoms with Gasteiger partial charge in [0.05, 0.1) is 5.69 Å². The maximum atomic E-state index is 5.81. The van der Waals surface area contributed by atoms with Gasteiger partial charge in [-0.1, -0.05) is 23.7 Å². The smallest absolute Gasteiger partial charge is 0.175 e. The molecule has 0 aliphatic heterocycles. The summed E-state index contributed by atoms with van der Waals surface area (Å²) in [5.41, 5.74) is 3.06. The summed E-state index contributed by atoms with van der Waals surface area (Å²) in [6, 6.07) is 7.63. The maximum Gasteiger partial charge on any atom is 0.175 e. The molecule has 0 saturated heterocycles. The van der Waals surface area contributed by atoms with Crippen LogP contribution in [0.3, 0.4) is 0 Å². The minimum Gasteiger partial charge on any atom is -0.336 e. The summed E-state index contributed by atoms with van der Waals surface area (Å²) >= 11 is 9.11. The second kappa shape index (κ2) is 3.75. The number of aromatic amines is 1. The first-order valence-electron chi connectivity index (χ1n) is 4.15. The SMILES string of the molecule is Cc1[nH]c(Br)nc1-c1ccc(Cl)cc1. The average Bonchev–Trinajstić information content (AvgIpc) is 2.47. The number of imidazole rings is 1. The number of hydrogen-bond donors (Lipinski definition) is 1. The molecule has 2 aromatic rings. The van der Waals surface area contributed by atoms with Gasteiger partial charge in [-0.3, -0.25) is 0 Å². The van der Waals surface area contributed by atoms with Crippen LogP contribution < -0.4 is 0 Å². The summed E-state index contributed by atoms with van der Waals surface area (Å²) in [5, 5.41) is 0.737. The Labute approximate surface area is 95.5 Å². The zero-order valence-electron chi connectivity index (χ0n) is 7.51. The topological polar surface area (TPSA) is 28.7 Å². The normalized spacial score (nSPS) is 10.5. The van der Waals surface area contributed by atoms with Crippen LogP contribution in [-0.4, -0.2) is 9.97 Å². The highest BCUT2D eigenvalue weighted by atomic mass is 79.9. The molecule has 0 unspecified atom stereocenters. The Kier molecular flexibility index (Phi) is 2.61. The third-order valence-corrected chi connectivity index (χ3v) is 2.60. The van der Waals surface area contributed by atoms with E-state index in [2.05, 4.69) is 25.9 Å². The molecule has 0 aliphatic carbocycles. The number of hydrogen-bond acceptors (Lipinski definition) is 1. The van der Waals surface area contributed by atoms with Crippen molar-refractivity contribution in [2.45, 2.75) is 6.92 Å². The molecule has 72 valence electrons. The van der Waals surface area contributed by atoms with Crippen LogP contribution in [0.2, 0.25) is 5.02 Å². The van der Waals surface area contributed by atoms with E-state index in [1.165, 1.54) is 0 Å². The molecule has 0 aliphatic rings. The van der Waals surface area contributed by atoms with Gasteiger partial charge in [-0.2, -0.15) is 0 Å². The van der Waals surface area contributed by atoms with Crippen molar-refractivity contribution in [2.24, 2.45) is 0 Å². The molecule has 0 spiro atoms. The first-order valence-corrected chi connectivity index (χ1v) is 5.32. The van der Waals surface area contributed by atoms with E-state index >= 15 is 0 Å². The minimum absolute atomic E-state index is 0.737. The van der Waals surface area contributed by atoms with E-state index in [1.807, 2.05) is 31.2 Å². The number of aromatic nitrogens is 2. The van der Waals surface area contributed by atoms with E-state index in [0.29, 0.717) is 0 Å². The van der Waals surface area contributed by atoms with Crippen LogP contribution in [0.15, 0.2) is 29.0 Å². The molecule has 2 rings (SSSR count). The Bertz CT molecular complexity index is 448. The number of aryl methyl sites for hydroxylation is 1. The molecule has 0 fully saturated rings. The lowest BCUT2D eigenvalue weighted by Crippen LogP contribution is -1.80. The number of halogens is 2.